The van der Waals surface area contributed by atoms with Crippen LogP contribution in [0.2, 0.25) is 0 Å². The molecule has 0 radical (unpaired) electrons. The first-order valence-corrected chi connectivity index (χ1v) is 8.89. The Morgan fingerprint density at radius 3 is 2.44 bits per heavy atom. The van der Waals surface area contributed by atoms with Crippen molar-refractivity contribution in [1.29, 1.82) is 0 Å². The van der Waals surface area contributed by atoms with Crippen molar-refractivity contribution in [3.05, 3.63) is 24.3 Å². The van der Waals surface area contributed by atoms with Crippen LogP contribution in [0.3, 0.4) is 0 Å². The van der Waals surface area contributed by atoms with Gasteiger partial charge in [-0.25, -0.2) is 4.79 Å². The molecule has 4 N–H and O–H groups in total. The van der Waals surface area contributed by atoms with Gasteiger partial charge in [-0.2, -0.15) is 0 Å². The maximum atomic E-state index is 12.0. The number of amides is 3. The first-order chi connectivity index (χ1) is 11.9. The number of aromatic hydroxyl groups is 1. The SMILES string of the molecule is CC(C)CCNC(=O)NC(=O)C[NH+]1CCN(c2ccc(O)cc2)CC1. The fraction of sp³-hybridized carbons (Fsp3) is 0.556. The number of urea groups is 1. The molecule has 0 aromatic heterocycles. The Labute approximate surface area is 149 Å². The molecule has 1 aromatic rings. The second-order valence-electron chi connectivity index (χ2n) is 6.92. The molecule has 0 spiro atoms. The van der Waals surface area contributed by atoms with Crippen LogP contribution in [0.25, 0.3) is 0 Å². The van der Waals surface area contributed by atoms with E-state index in [2.05, 4.69) is 29.4 Å². The molecule has 138 valence electrons. The number of quaternary nitrogens is 1. The molecule has 0 atom stereocenters. The van der Waals surface area contributed by atoms with E-state index in [1.165, 1.54) is 4.90 Å². The molecule has 0 aliphatic carbocycles. The Balaban J connectivity index is 1.68. The predicted molar refractivity (Wildman–Crippen MR) is 96.9 cm³/mol. The lowest BCUT2D eigenvalue weighted by Crippen LogP contribution is -3.16. The monoisotopic (exact) mass is 349 g/mol. The Morgan fingerprint density at radius 2 is 1.84 bits per heavy atom. The van der Waals surface area contributed by atoms with Gasteiger partial charge in [0.1, 0.15) is 5.75 Å². The minimum Gasteiger partial charge on any atom is -0.508 e. The van der Waals surface area contributed by atoms with E-state index in [0.717, 1.165) is 38.3 Å². The number of hydrogen-bond donors (Lipinski definition) is 4. The summed E-state index contributed by atoms with van der Waals surface area (Å²) in [6.45, 7) is 8.42. The van der Waals surface area contributed by atoms with Gasteiger partial charge in [-0.3, -0.25) is 10.1 Å². The topological polar surface area (TPSA) is 86.1 Å². The van der Waals surface area contributed by atoms with Gasteiger partial charge in [0.2, 0.25) is 0 Å². The van der Waals surface area contributed by atoms with Gasteiger partial charge in [-0.15, -0.1) is 0 Å². The Kier molecular flexibility index (Phi) is 7.06. The summed E-state index contributed by atoms with van der Waals surface area (Å²) in [4.78, 5) is 27.0. The van der Waals surface area contributed by atoms with Crippen molar-refractivity contribution in [1.82, 2.24) is 10.6 Å². The average Bonchev–Trinajstić information content (AvgIpc) is 2.56. The quantitative estimate of drug-likeness (QED) is 0.581. The van der Waals surface area contributed by atoms with Gasteiger partial charge in [0.25, 0.3) is 5.91 Å². The van der Waals surface area contributed by atoms with Crippen LogP contribution >= 0.6 is 0 Å². The van der Waals surface area contributed by atoms with Crippen LogP contribution in [0.15, 0.2) is 24.3 Å². The molecule has 0 unspecified atom stereocenters. The molecule has 1 saturated heterocycles. The first kappa shape index (κ1) is 19.1. The summed E-state index contributed by atoms with van der Waals surface area (Å²) >= 11 is 0. The van der Waals surface area contributed by atoms with Crippen molar-refractivity contribution in [3.63, 3.8) is 0 Å². The second-order valence-corrected chi connectivity index (χ2v) is 6.92. The van der Waals surface area contributed by atoms with Crippen molar-refractivity contribution < 1.29 is 19.6 Å². The third-order valence-corrected chi connectivity index (χ3v) is 4.36. The molecular formula is C18H29N4O3+. The van der Waals surface area contributed by atoms with Crippen molar-refractivity contribution in [2.75, 3.05) is 44.2 Å². The lowest BCUT2D eigenvalue weighted by atomic mass is 10.1. The Morgan fingerprint density at radius 1 is 1.20 bits per heavy atom. The smallest absolute Gasteiger partial charge is 0.321 e. The molecule has 0 bridgehead atoms. The van der Waals surface area contributed by atoms with E-state index in [1.807, 2.05) is 12.1 Å². The number of nitrogens with zero attached hydrogens (tertiary/aromatic N) is 1. The summed E-state index contributed by atoms with van der Waals surface area (Å²) in [7, 11) is 0. The number of benzene rings is 1. The summed E-state index contributed by atoms with van der Waals surface area (Å²) in [5, 5.41) is 14.5. The number of nitrogens with one attached hydrogen (secondary N) is 3. The van der Waals surface area contributed by atoms with E-state index >= 15 is 0 Å². The third kappa shape index (κ3) is 6.62. The molecule has 1 fully saturated rings. The van der Waals surface area contributed by atoms with Gasteiger partial charge >= 0.3 is 6.03 Å². The number of carbonyl (C=O) groups is 2. The van der Waals surface area contributed by atoms with Crippen LogP contribution in [0.4, 0.5) is 10.5 Å². The maximum Gasteiger partial charge on any atom is 0.321 e. The van der Waals surface area contributed by atoms with Gasteiger partial charge in [0, 0.05) is 12.2 Å². The van der Waals surface area contributed by atoms with Crippen molar-refractivity contribution >= 4 is 17.6 Å². The zero-order chi connectivity index (χ0) is 18.2. The minimum atomic E-state index is -0.409. The highest BCUT2D eigenvalue weighted by Gasteiger charge is 2.23. The van der Waals surface area contributed by atoms with Gasteiger partial charge in [0.05, 0.1) is 26.2 Å². The molecule has 0 saturated carbocycles. The second kappa shape index (κ2) is 9.27. The molecule has 1 heterocycles. The summed E-state index contributed by atoms with van der Waals surface area (Å²) in [5.74, 6) is 0.539. The fourth-order valence-electron chi connectivity index (χ4n) is 2.84. The zero-order valence-corrected chi connectivity index (χ0v) is 15.0. The summed E-state index contributed by atoms with van der Waals surface area (Å²) in [6.07, 6.45) is 0.895. The summed E-state index contributed by atoms with van der Waals surface area (Å²) < 4.78 is 0. The first-order valence-electron chi connectivity index (χ1n) is 8.89. The number of phenolic OH excluding ortho intramolecular Hbond substituents is 1. The molecule has 1 aliphatic heterocycles. The molecule has 2 rings (SSSR count). The minimum absolute atomic E-state index is 0.241. The average molecular weight is 349 g/mol. The predicted octanol–water partition coefficient (Wildman–Crippen LogP) is -0.0310. The fourth-order valence-corrected chi connectivity index (χ4v) is 2.84. The molecule has 3 amide bonds. The van der Waals surface area contributed by atoms with Crippen LogP contribution in [0.1, 0.15) is 20.3 Å². The molecule has 25 heavy (non-hydrogen) atoms. The maximum absolute atomic E-state index is 12.0. The number of piperazine rings is 1. The number of rotatable bonds is 6. The summed E-state index contributed by atoms with van der Waals surface area (Å²) in [5.41, 5.74) is 1.07. The van der Waals surface area contributed by atoms with E-state index in [1.54, 1.807) is 12.1 Å². The van der Waals surface area contributed by atoms with Gasteiger partial charge in [-0.05, 0) is 36.6 Å². The van der Waals surface area contributed by atoms with Crippen LogP contribution in [0.5, 0.6) is 5.75 Å². The highest BCUT2D eigenvalue weighted by molar-refractivity contribution is 5.94. The van der Waals surface area contributed by atoms with Crippen LogP contribution in [0, 0.1) is 5.92 Å². The van der Waals surface area contributed by atoms with E-state index in [4.69, 9.17) is 0 Å². The van der Waals surface area contributed by atoms with E-state index in [-0.39, 0.29) is 11.7 Å². The van der Waals surface area contributed by atoms with E-state index in [9.17, 15) is 14.7 Å². The molecule has 7 heteroatoms. The molecule has 1 aliphatic rings. The number of imide groups is 1. The lowest BCUT2D eigenvalue weighted by molar-refractivity contribution is -0.892. The highest BCUT2D eigenvalue weighted by atomic mass is 16.3. The normalized spacial score (nSPS) is 15.2. The summed E-state index contributed by atoms with van der Waals surface area (Å²) in [6, 6.07) is 6.75. The Hall–Kier alpha value is -2.28. The third-order valence-electron chi connectivity index (χ3n) is 4.36. The van der Waals surface area contributed by atoms with Gasteiger partial charge in [-0.1, -0.05) is 13.8 Å². The standard InChI is InChI=1S/C18H28N4O3/c1-14(2)7-8-19-18(25)20-17(24)13-21-9-11-22(12-10-21)15-3-5-16(23)6-4-15/h3-6,14,23H,7-13H2,1-2H3,(H2,19,20,24,25)/p+1. The molecular weight excluding hydrogens is 320 g/mol. The Bertz CT molecular complexity index is 566. The van der Waals surface area contributed by atoms with Crippen molar-refractivity contribution in [2.45, 2.75) is 20.3 Å². The molecule has 1 aromatic carbocycles. The van der Waals surface area contributed by atoms with Gasteiger partial charge in [0.15, 0.2) is 6.54 Å². The largest absolute Gasteiger partial charge is 0.508 e. The van der Waals surface area contributed by atoms with Crippen molar-refractivity contribution in [2.24, 2.45) is 5.92 Å². The van der Waals surface area contributed by atoms with E-state index in [0.29, 0.717) is 19.0 Å². The van der Waals surface area contributed by atoms with Crippen LogP contribution in [-0.4, -0.2) is 56.3 Å². The van der Waals surface area contributed by atoms with Gasteiger partial charge < -0.3 is 20.2 Å². The lowest BCUT2D eigenvalue weighted by Gasteiger charge is -2.33. The molecule has 7 nitrogen and oxygen atoms in total. The van der Waals surface area contributed by atoms with Crippen molar-refractivity contribution in [3.8, 4) is 5.75 Å². The highest BCUT2D eigenvalue weighted by Crippen LogP contribution is 2.17. The van der Waals surface area contributed by atoms with Crippen LogP contribution in [-0.2, 0) is 4.79 Å². The van der Waals surface area contributed by atoms with E-state index < -0.39 is 6.03 Å². The number of hydrogen-bond acceptors (Lipinski definition) is 4. The number of carbonyl (C=O) groups excluding carboxylic acids is 2. The zero-order valence-electron chi connectivity index (χ0n) is 15.0. The number of anilines is 1. The van der Waals surface area contributed by atoms with Crippen LogP contribution < -0.4 is 20.4 Å². The number of phenols is 1.